The van der Waals surface area contributed by atoms with Crippen LogP contribution in [0.1, 0.15) is 13.8 Å². The maximum Gasteiger partial charge on any atom is 0.267 e. The molecule has 0 aliphatic rings. The van der Waals surface area contributed by atoms with Crippen LogP contribution in [0.3, 0.4) is 0 Å². The number of imidazole rings is 1. The molecule has 9 heteroatoms. The summed E-state index contributed by atoms with van der Waals surface area (Å²) in [6.07, 6.45) is 3.94. The van der Waals surface area contributed by atoms with Crippen LogP contribution in [0.15, 0.2) is 76.5 Å². The quantitative estimate of drug-likeness (QED) is 0.411. The lowest BCUT2D eigenvalue weighted by Crippen LogP contribution is -2.47. The number of nitrogens with one attached hydrogen (secondary N) is 1. The molecule has 7 nitrogen and oxygen atoms in total. The zero-order valence-electron chi connectivity index (χ0n) is 17.4. The molecule has 5 aromatic rings. The van der Waals surface area contributed by atoms with Gasteiger partial charge in [0.15, 0.2) is 4.96 Å². The zero-order chi connectivity index (χ0) is 22.3. The van der Waals surface area contributed by atoms with Crippen molar-refractivity contribution in [1.82, 2.24) is 19.2 Å². The predicted molar refractivity (Wildman–Crippen MR) is 128 cm³/mol. The third-order valence-corrected chi connectivity index (χ3v) is 6.85. The summed E-state index contributed by atoms with van der Waals surface area (Å²) < 4.78 is 3.22. The number of amides is 1. The SMILES string of the molecule is CC(C)(C(=O)Nc1ccc(-c2cn3ccsc3n2)cc1)n1nc(-c2cccs2)ccc1=O. The smallest absolute Gasteiger partial charge is 0.267 e. The van der Waals surface area contributed by atoms with Crippen LogP contribution in [0.4, 0.5) is 5.69 Å². The molecule has 0 atom stereocenters. The minimum Gasteiger partial charge on any atom is -0.324 e. The number of fused-ring (bicyclic) bond motifs is 1. The molecule has 32 heavy (non-hydrogen) atoms. The van der Waals surface area contributed by atoms with E-state index in [0.29, 0.717) is 11.4 Å². The molecule has 160 valence electrons. The van der Waals surface area contributed by atoms with E-state index in [1.54, 1.807) is 31.3 Å². The molecular formula is C23H19N5O2S2. The fourth-order valence-electron chi connectivity index (χ4n) is 3.34. The lowest BCUT2D eigenvalue weighted by molar-refractivity contribution is -0.123. The monoisotopic (exact) mass is 461 g/mol. The van der Waals surface area contributed by atoms with E-state index < -0.39 is 5.54 Å². The van der Waals surface area contributed by atoms with Crippen LogP contribution in [-0.2, 0) is 10.3 Å². The van der Waals surface area contributed by atoms with Crippen LogP contribution >= 0.6 is 22.7 Å². The van der Waals surface area contributed by atoms with Crippen LogP contribution in [0.25, 0.3) is 26.8 Å². The van der Waals surface area contributed by atoms with E-state index in [2.05, 4.69) is 15.4 Å². The molecule has 0 spiro atoms. The van der Waals surface area contributed by atoms with Gasteiger partial charge in [-0.1, -0.05) is 18.2 Å². The molecular weight excluding hydrogens is 442 g/mol. The highest BCUT2D eigenvalue weighted by Crippen LogP contribution is 2.25. The number of nitrogens with zero attached hydrogens (tertiary/aromatic N) is 4. The van der Waals surface area contributed by atoms with Gasteiger partial charge in [-0.05, 0) is 43.5 Å². The number of carbonyl (C=O) groups excluding carboxylic acids is 1. The van der Waals surface area contributed by atoms with Crippen molar-refractivity contribution in [2.24, 2.45) is 0 Å². The molecule has 0 bridgehead atoms. The maximum atomic E-state index is 13.1. The predicted octanol–water partition coefficient (Wildman–Crippen LogP) is 4.72. The van der Waals surface area contributed by atoms with Gasteiger partial charge in [0.1, 0.15) is 11.2 Å². The Balaban J connectivity index is 1.37. The van der Waals surface area contributed by atoms with Crippen LogP contribution in [0.5, 0.6) is 0 Å². The second-order valence-electron chi connectivity index (χ2n) is 7.76. The van der Waals surface area contributed by atoms with E-state index >= 15 is 0 Å². The molecule has 0 aliphatic carbocycles. The maximum absolute atomic E-state index is 13.1. The van der Waals surface area contributed by atoms with Gasteiger partial charge in [-0.15, -0.1) is 22.7 Å². The number of thiazole rings is 1. The zero-order valence-corrected chi connectivity index (χ0v) is 19.0. The number of anilines is 1. The summed E-state index contributed by atoms with van der Waals surface area (Å²) in [7, 11) is 0. The van der Waals surface area contributed by atoms with E-state index in [9.17, 15) is 9.59 Å². The standard InChI is InChI=1S/C23H19N5O2S2/c1-23(2,28-20(29)10-9-17(26-28)19-4-3-12-31-19)21(30)24-16-7-5-15(6-8-16)18-14-27-11-13-32-22(27)25-18/h3-14H,1-2H3,(H,24,30). The average Bonchev–Trinajstić information content (AvgIpc) is 3.52. The van der Waals surface area contributed by atoms with Crippen molar-refractivity contribution in [3.63, 3.8) is 0 Å². The first-order valence-electron chi connectivity index (χ1n) is 9.91. The van der Waals surface area contributed by atoms with Crippen molar-refractivity contribution in [3.05, 3.63) is 82.0 Å². The van der Waals surface area contributed by atoms with E-state index in [1.165, 1.54) is 22.1 Å². The Morgan fingerprint density at radius 3 is 2.53 bits per heavy atom. The normalized spacial score (nSPS) is 11.7. The Hall–Kier alpha value is -3.56. The molecule has 5 rings (SSSR count). The van der Waals surface area contributed by atoms with Crippen LogP contribution in [0, 0.1) is 0 Å². The number of hydrogen-bond acceptors (Lipinski definition) is 6. The van der Waals surface area contributed by atoms with E-state index in [0.717, 1.165) is 21.1 Å². The van der Waals surface area contributed by atoms with Gasteiger partial charge in [-0.25, -0.2) is 9.67 Å². The third-order valence-electron chi connectivity index (χ3n) is 5.19. The van der Waals surface area contributed by atoms with Crippen molar-refractivity contribution < 1.29 is 4.79 Å². The number of carbonyl (C=O) groups is 1. The summed E-state index contributed by atoms with van der Waals surface area (Å²) >= 11 is 3.11. The van der Waals surface area contributed by atoms with Crippen LogP contribution in [0.2, 0.25) is 0 Å². The van der Waals surface area contributed by atoms with E-state index in [-0.39, 0.29) is 11.5 Å². The largest absolute Gasteiger partial charge is 0.324 e. The molecule has 4 aromatic heterocycles. The van der Waals surface area contributed by atoms with Gasteiger partial charge in [0, 0.05) is 35.1 Å². The van der Waals surface area contributed by atoms with Crippen LogP contribution < -0.4 is 10.9 Å². The van der Waals surface area contributed by atoms with Gasteiger partial charge >= 0.3 is 0 Å². The second-order valence-corrected chi connectivity index (χ2v) is 9.58. The number of aromatic nitrogens is 4. The third kappa shape index (κ3) is 3.65. The average molecular weight is 462 g/mol. The molecule has 0 aliphatic heterocycles. The minimum absolute atomic E-state index is 0.328. The highest BCUT2D eigenvalue weighted by molar-refractivity contribution is 7.15. The van der Waals surface area contributed by atoms with Gasteiger partial charge in [0.25, 0.3) is 11.5 Å². The lowest BCUT2D eigenvalue weighted by atomic mass is 10.0. The summed E-state index contributed by atoms with van der Waals surface area (Å²) in [5.41, 5.74) is 1.61. The Bertz CT molecular complexity index is 1430. The van der Waals surface area contributed by atoms with Gasteiger partial charge in [0.2, 0.25) is 0 Å². The molecule has 0 radical (unpaired) electrons. The number of benzene rings is 1. The lowest BCUT2D eigenvalue weighted by Gasteiger charge is -2.25. The summed E-state index contributed by atoms with van der Waals surface area (Å²) in [6, 6.07) is 14.5. The first-order valence-corrected chi connectivity index (χ1v) is 11.7. The summed E-state index contributed by atoms with van der Waals surface area (Å²) in [6.45, 7) is 3.36. The van der Waals surface area contributed by atoms with Gasteiger partial charge < -0.3 is 5.32 Å². The van der Waals surface area contributed by atoms with Gasteiger partial charge in [0.05, 0.1) is 10.6 Å². The first kappa shape index (κ1) is 20.3. The molecule has 0 fully saturated rings. The topological polar surface area (TPSA) is 81.3 Å². The Kier molecular flexibility index (Phi) is 4.99. The molecule has 0 saturated carbocycles. The van der Waals surface area contributed by atoms with Crippen molar-refractivity contribution in [2.45, 2.75) is 19.4 Å². The van der Waals surface area contributed by atoms with Crippen molar-refractivity contribution in [1.29, 1.82) is 0 Å². The molecule has 1 amide bonds. The summed E-state index contributed by atoms with van der Waals surface area (Å²) in [5.74, 6) is -0.328. The van der Waals surface area contributed by atoms with Gasteiger partial charge in [-0.2, -0.15) is 5.10 Å². The molecule has 4 heterocycles. The number of hydrogen-bond donors (Lipinski definition) is 1. The Labute approximate surface area is 191 Å². The van der Waals surface area contributed by atoms with E-state index in [1.807, 2.05) is 64.0 Å². The molecule has 0 saturated heterocycles. The highest BCUT2D eigenvalue weighted by atomic mass is 32.1. The second kappa shape index (κ2) is 7.85. The van der Waals surface area contributed by atoms with E-state index in [4.69, 9.17) is 0 Å². The van der Waals surface area contributed by atoms with Gasteiger partial charge in [-0.3, -0.25) is 14.0 Å². The minimum atomic E-state index is -1.18. The first-order chi connectivity index (χ1) is 15.4. The number of rotatable bonds is 5. The summed E-state index contributed by atoms with van der Waals surface area (Å²) in [5, 5.41) is 11.3. The van der Waals surface area contributed by atoms with Crippen molar-refractivity contribution in [3.8, 4) is 21.8 Å². The fourth-order valence-corrected chi connectivity index (χ4v) is 4.73. The molecule has 1 aromatic carbocycles. The number of thiophene rings is 1. The molecule has 0 unspecified atom stereocenters. The van der Waals surface area contributed by atoms with Crippen molar-refractivity contribution >= 4 is 39.2 Å². The molecule has 1 N–H and O–H groups in total. The summed E-state index contributed by atoms with van der Waals surface area (Å²) in [4.78, 5) is 32.1. The van der Waals surface area contributed by atoms with Crippen molar-refractivity contribution in [2.75, 3.05) is 5.32 Å². The Morgan fingerprint density at radius 2 is 1.81 bits per heavy atom. The van der Waals surface area contributed by atoms with Crippen LogP contribution in [-0.4, -0.2) is 25.1 Å². The Morgan fingerprint density at radius 1 is 1.00 bits per heavy atom. The highest BCUT2D eigenvalue weighted by Gasteiger charge is 2.32. The fraction of sp³-hybridized carbons (Fsp3) is 0.130.